The summed E-state index contributed by atoms with van der Waals surface area (Å²) in [6.45, 7) is 4.55. The van der Waals surface area contributed by atoms with Crippen molar-refractivity contribution >= 4 is 11.7 Å². The average molecular weight is 255 g/mol. The van der Waals surface area contributed by atoms with Gasteiger partial charge in [-0.25, -0.2) is 4.79 Å². The van der Waals surface area contributed by atoms with Crippen molar-refractivity contribution in [3.63, 3.8) is 0 Å². The molecular formula is C15H17N3O. The van der Waals surface area contributed by atoms with Gasteiger partial charge in [-0.3, -0.25) is 4.98 Å². The smallest absolute Gasteiger partial charge is 0.319 e. The van der Waals surface area contributed by atoms with Crippen LogP contribution in [0.3, 0.4) is 0 Å². The second-order valence-electron chi connectivity index (χ2n) is 4.46. The lowest BCUT2D eigenvalue weighted by Gasteiger charge is -2.09. The number of carbonyl (C=O) groups is 1. The molecule has 1 aromatic heterocycles. The van der Waals surface area contributed by atoms with E-state index in [1.54, 1.807) is 12.4 Å². The summed E-state index contributed by atoms with van der Waals surface area (Å²) in [5, 5.41) is 5.62. The van der Waals surface area contributed by atoms with Crippen molar-refractivity contribution in [3.05, 3.63) is 59.4 Å². The van der Waals surface area contributed by atoms with Crippen LogP contribution in [0.4, 0.5) is 10.5 Å². The summed E-state index contributed by atoms with van der Waals surface area (Å²) in [6.07, 6.45) is 3.41. The molecule has 4 heteroatoms. The molecule has 0 aliphatic rings. The lowest BCUT2D eigenvalue weighted by Crippen LogP contribution is -2.28. The number of rotatable bonds is 3. The van der Waals surface area contributed by atoms with Gasteiger partial charge in [-0.2, -0.15) is 0 Å². The molecule has 0 radical (unpaired) electrons. The second-order valence-corrected chi connectivity index (χ2v) is 4.46. The van der Waals surface area contributed by atoms with E-state index in [-0.39, 0.29) is 6.03 Å². The zero-order valence-corrected chi connectivity index (χ0v) is 11.1. The Labute approximate surface area is 112 Å². The number of benzene rings is 1. The van der Waals surface area contributed by atoms with Gasteiger partial charge >= 0.3 is 6.03 Å². The lowest BCUT2D eigenvalue weighted by molar-refractivity contribution is 0.251. The normalized spacial score (nSPS) is 10.0. The van der Waals surface area contributed by atoms with Crippen molar-refractivity contribution in [1.82, 2.24) is 10.3 Å². The molecule has 0 bridgehead atoms. The molecule has 2 rings (SSSR count). The molecule has 0 fully saturated rings. The van der Waals surface area contributed by atoms with Gasteiger partial charge in [-0.15, -0.1) is 0 Å². The Morgan fingerprint density at radius 1 is 1.11 bits per heavy atom. The molecule has 0 saturated heterocycles. The van der Waals surface area contributed by atoms with E-state index in [0.29, 0.717) is 6.54 Å². The molecule has 2 amide bonds. The molecule has 0 aliphatic carbocycles. The number of anilines is 1. The minimum Gasteiger partial charge on any atom is -0.334 e. The standard InChI is InChI=1S/C15H17N3O/c1-11-3-4-14(9-12(11)2)18-15(19)17-10-13-5-7-16-8-6-13/h3-9H,10H2,1-2H3,(H2,17,18,19). The summed E-state index contributed by atoms with van der Waals surface area (Å²) < 4.78 is 0. The zero-order valence-electron chi connectivity index (χ0n) is 11.1. The number of amides is 2. The van der Waals surface area contributed by atoms with Crippen molar-refractivity contribution in [2.75, 3.05) is 5.32 Å². The van der Waals surface area contributed by atoms with Gasteiger partial charge in [0.25, 0.3) is 0 Å². The summed E-state index contributed by atoms with van der Waals surface area (Å²) in [4.78, 5) is 15.7. The number of nitrogens with zero attached hydrogens (tertiary/aromatic N) is 1. The van der Waals surface area contributed by atoms with Crippen molar-refractivity contribution < 1.29 is 4.79 Å². The minimum atomic E-state index is -0.208. The fourth-order valence-electron chi connectivity index (χ4n) is 1.68. The molecule has 1 heterocycles. The lowest BCUT2D eigenvalue weighted by atomic mass is 10.1. The first-order valence-electron chi connectivity index (χ1n) is 6.16. The highest BCUT2D eigenvalue weighted by molar-refractivity contribution is 5.89. The first-order valence-corrected chi connectivity index (χ1v) is 6.16. The Balaban J connectivity index is 1.89. The van der Waals surface area contributed by atoms with Gasteiger partial charge < -0.3 is 10.6 Å². The Morgan fingerprint density at radius 2 is 1.84 bits per heavy atom. The molecule has 4 nitrogen and oxygen atoms in total. The third kappa shape index (κ3) is 3.81. The fourth-order valence-corrected chi connectivity index (χ4v) is 1.68. The topological polar surface area (TPSA) is 54.0 Å². The number of hydrogen-bond donors (Lipinski definition) is 2. The van der Waals surface area contributed by atoms with E-state index in [9.17, 15) is 4.79 Å². The second kappa shape index (κ2) is 6.00. The van der Waals surface area contributed by atoms with Gasteiger partial charge in [-0.1, -0.05) is 6.07 Å². The maximum Gasteiger partial charge on any atom is 0.319 e. The molecule has 19 heavy (non-hydrogen) atoms. The predicted molar refractivity (Wildman–Crippen MR) is 76.0 cm³/mol. The number of urea groups is 1. The predicted octanol–water partition coefficient (Wildman–Crippen LogP) is 3.02. The van der Waals surface area contributed by atoms with Crippen LogP contribution in [0.25, 0.3) is 0 Å². The van der Waals surface area contributed by atoms with Crippen LogP contribution >= 0.6 is 0 Å². The Morgan fingerprint density at radius 3 is 2.53 bits per heavy atom. The van der Waals surface area contributed by atoms with E-state index < -0.39 is 0 Å². The molecule has 0 spiro atoms. The fraction of sp³-hybridized carbons (Fsp3) is 0.200. The summed E-state index contributed by atoms with van der Waals surface area (Å²) in [6, 6.07) is 9.39. The van der Waals surface area contributed by atoms with Crippen LogP contribution in [0.5, 0.6) is 0 Å². The van der Waals surface area contributed by atoms with Crippen molar-refractivity contribution in [1.29, 1.82) is 0 Å². The molecule has 1 aromatic carbocycles. The zero-order chi connectivity index (χ0) is 13.7. The van der Waals surface area contributed by atoms with Gasteiger partial charge in [0.15, 0.2) is 0 Å². The Kier molecular flexibility index (Phi) is 4.13. The van der Waals surface area contributed by atoms with Crippen molar-refractivity contribution in [2.45, 2.75) is 20.4 Å². The summed E-state index contributed by atoms with van der Waals surface area (Å²) >= 11 is 0. The van der Waals surface area contributed by atoms with Crippen LogP contribution in [0, 0.1) is 13.8 Å². The SMILES string of the molecule is Cc1ccc(NC(=O)NCc2ccncc2)cc1C. The van der Waals surface area contributed by atoms with E-state index in [0.717, 1.165) is 16.8 Å². The van der Waals surface area contributed by atoms with Gasteiger partial charge in [0.2, 0.25) is 0 Å². The van der Waals surface area contributed by atoms with Crippen LogP contribution in [-0.2, 0) is 6.54 Å². The maximum atomic E-state index is 11.7. The van der Waals surface area contributed by atoms with Crippen LogP contribution in [-0.4, -0.2) is 11.0 Å². The molecule has 98 valence electrons. The number of hydrogen-bond acceptors (Lipinski definition) is 2. The summed E-state index contributed by atoms with van der Waals surface area (Å²) in [5.74, 6) is 0. The highest BCUT2D eigenvalue weighted by atomic mass is 16.2. The van der Waals surface area contributed by atoms with E-state index in [2.05, 4.69) is 15.6 Å². The van der Waals surface area contributed by atoms with Gasteiger partial charge in [0.05, 0.1) is 0 Å². The van der Waals surface area contributed by atoms with E-state index in [4.69, 9.17) is 0 Å². The molecule has 0 atom stereocenters. The number of pyridine rings is 1. The summed E-state index contributed by atoms with van der Waals surface area (Å²) in [7, 11) is 0. The molecule has 0 unspecified atom stereocenters. The van der Waals surface area contributed by atoms with Crippen molar-refractivity contribution in [3.8, 4) is 0 Å². The molecule has 2 N–H and O–H groups in total. The molecule has 0 aliphatic heterocycles. The minimum absolute atomic E-state index is 0.208. The van der Waals surface area contributed by atoms with E-state index in [1.165, 1.54) is 5.56 Å². The average Bonchev–Trinajstić information content (AvgIpc) is 2.42. The quantitative estimate of drug-likeness (QED) is 0.885. The Bertz CT molecular complexity index is 567. The first-order chi connectivity index (χ1) is 9.15. The van der Waals surface area contributed by atoms with E-state index >= 15 is 0 Å². The van der Waals surface area contributed by atoms with Gasteiger partial charge in [0, 0.05) is 24.6 Å². The number of carbonyl (C=O) groups excluding carboxylic acids is 1. The van der Waals surface area contributed by atoms with Crippen molar-refractivity contribution in [2.24, 2.45) is 0 Å². The monoisotopic (exact) mass is 255 g/mol. The highest BCUT2D eigenvalue weighted by Gasteiger charge is 2.02. The van der Waals surface area contributed by atoms with Crippen LogP contribution < -0.4 is 10.6 Å². The van der Waals surface area contributed by atoms with E-state index in [1.807, 2.05) is 44.2 Å². The highest BCUT2D eigenvalue weighted by Crippen LogP contribution is 2.13. The van der Waals surface area contributed by atoms with Crippen LogP contribution in [0.2, 0.25) is 0 Å². The number of aryl methyl sites for hydroxylation is 2. The van der Waals surface area contributed by atoms with Gasteiger partial charge in [0.1, 0.15) is 0 Å². The number of nitrogens with one attached hydrogen (secondary N) is 2. The molecule has 0 saturated carbocycles. The van der Waals surface area contributed by atoms with Crippen LogP contribution in [0.1, 0.15) is 16.7 Å². The molecule has 2 aromatic rings. The van der Waals surface area contributed by atoms with Gasteiger partial charge in [-0.05, 0) is 54.8 Å². The largest absolute Gasteiger partial charge is 0.334 e. The maximum absolute atomic E-state index is 11.7. The third-order valence-electron chi connectivity index (χ3n) is 2.97. The van der Waals surface area contributed by atoms with Crippen LogP contribution in [0.15, 0.2) is 42.7 Å². The summed E-state index contributed by atoms with van der Waals surface area (Å²) in [5.41, 5.74) is 4.19. The number of aromatic nitrogens is 1. The molecular weight excluding hydrogens is 238 g/mol. The Hall–Kier alpha value is -2.36. The third-order valence-corrected chi connectivity index (χ3v) is 2.97. The first kappa shape index (κ1) is 13.1.